The van der Waals surface area contributed by atoms with E-state index in [-0.39, 0.29) is 0 Å². The van der Waals surface area contributed by atoms with Crippen molar-refractivity contribution >= 4 is 15.9 Å². The summed E-state index contributed by atoms with van der Waals surface area (Å²) in [5.41, 5.74) is 2.95. The van der Waals surface area contributed by atoms with Crippen LogP contribution in [0.4, 0.5) is 0 Å². The Bertz CT molecular complexity index is 388. The van der Waals surface area contributed by atoms with Crippen LogP contribution in [0.5, 0.6) is 0 Å². The lowest BCUT2D eigenvalue weighted by atomic mass is 9.96. The number of rotatable bonds is 3. The second-order valence-electron chi connectivity index (χ2n) is 4.88. The summed E-state index contributed by atoms with van der Waals surface area (Å²) in [5.74, 6) is 0. The van der Waals surface area contributed by atoms with E-state index in [9.17, 15) is 0 Å². The average molecular weight is 281 g/mol. The average Bonchev–Trinajstić information content (AvgIpc) is 3.09. The Kier molecular flexibility index (Phi) is 3.01. The third kappa shape index (κ3) is 2.47. The van der Waals surface area contributed by atoms with Crippen molar-refractivity contribution in [3.8, 4) is 0 Å². The largest absolute Gasteiger partial charge is 0.312 e. The number of fused-ring (bicyclic) bond motifs is 1. The molecule has 2 aliphatic rings. The minimum atomic E-state index is 0.599. The zero-order valence-corrected chi connectivity index (χ0v) is 10.9. The van der Waals surface area contributed by atoms with E-state index in [0.717, 1.165) is 25.6 Å². The summed E-state index contributed by atoms with van der Waals surface area (Å²) in [7, 11) is 0. The molecule has 0 amide bonds. The molecule has 1 unspecified atom stereocenters. The van der Waals surface area contributed by atoms with Gasteiger partial charge in [0, 0.05) is 29.6 Å². The van der Waals surface area contributed by atoms with E-state index in [1.54, 1.807) is 0 Å². The van der Waals surface area contributed by atoms with E-state index < -0.39 is 0 Å². The third-order valence-electron chi connectivity index (χ3n) is 3.45. The van der Waals surface area contributed by atoms with Crippen LogP contribution in [-0.4, -0.2) is 18.6 Å². The second kappa shape index (κ2) is 4.47. The topological polar surface area (TPSA) is 24.1 Å². The SMILES string of the molecule is Brc1ccc2c(c1)CC(CNC1CC1)NC2. The van der Waals surface area contributed by atoms with Crippen molar-refractivity contribution in [1.82, 2.24) is 10.6 Å². The summed E-state index contributed by atoms with van der Waals surface area (Å²) in [4.78, 5) is 0. The van der Waals surface area contributed by atoms with Gasteiger partial charge in [-0.25, -0.2) is 0 Å². The van der Waals surface area contributed by atoms with Crippen molar-refractivity contribution in [3.63, 3.8) is 0 Å². The van der Waals surface area contributed by atoms with E-state index in [1.165, 1.54) is 28.4 Å². The number of nitrogens with one attached hydrogen (secondary N) is 2. The number of hydrogen-bond donors (Lipinski definition) is 2. The normalized spacial score (nSPS) is 24.2. The van der Waals surface area contributed by atoms with Crippen molar-refractivity contribution in [3.05, 3.63) is 33.8 Å². The lowest BCUT2D eigenvalue weighted by molar-refractivity contribution is 0.446. The van der Waals surface area contributed by atoms with Crippen LogP contribution in [0.2, 0.25) is 0 Å². The van der Waals surface area contributed by atoms with E-state index >= 15 is 0 Å². The first-order valence-corrected chi connectivity index (χ1v) is 6.84. The molecule has 86 valence electrons. The Hall–Kier alpha value is -0.380. The zero-order valence-electron chi connectivity index (χ0n) is 9.30. The van der Waals surface area contributed by atoms with Gasteiger partial charge in [-0.2, -0.15) is 0 Å². The molecule has 1 aromatic carbocycles. The van der Waals surface area contributed by atoms with Gasteiger partial charge in [-0.3, -0.25) is 0 Å². The van der Waals surface area contributed by atoms with Gasteiger partial charge in [0.1, 0.15) is 0 Å². The highest BCUT2D eigenvalue weighted by molar-refractivity contribution is 9.10. The van der Waals surface area contributed by atoms with E-state index in [1.807, 2.05) is 0 Å². The van der Waals surface area contributed by atoms with Gasteiger partial charge in [-0.15, -0.1) is 0 Å². The standard InChI is InChI=1S/C13H17BrN2/c14-11-2-1-9-7-15-13(6-10(9)5-11)8-16-12-3-4-12/h1-2,5,12-13,15-16H,3-4,6-8H2. The lowest BCUT2D eigenvalue weighted by Crippen LogP contribution is -2.43. The predicted molar refractivity (Wildman–Crippen MR) is 69.5 cm³/mol. The van der Waals surface area contributed by atoms with Crippen LogP contribution in [0.1, 0.15) is 24.0 Å². The summed E-state index contributed by atoms with van der Waals surface area (Å²) in [5, 5.41) is 7.20. The molecule has 0 aromatic heterocycles. The first-order chi connectivity index (χ1) is 7.81. The van der Waals surface area contributed by atoms with Gasteiger partial charge >= 0.3 is 0 Å². The van der Waals surface area contributed by atoms with Crippen LogP contribution < -0.4 is 10.6 Å². The van der Waals surface area contributed by atoms with Gasteiger partial charge in [0.05, 0.1) is 0 Å². The van der Waals surface area contributed by atoms with Crippen molar-refractivity contribution in [1.29, 1.82) is 0 Å². The van der Waals surface area contributed by atoms with Gasteiger partial charge in [0.2, 0.25) is 0 Å². The summed E-state index contributed by atoms with van der Waals surface area (Å²) in [6, 6.07) is 8.02. The highest BCUT2D eigenvalue weighted by Crippen LogP contribution is 2.22. The molecular formula is C13H17BrN2. The molecule has 2 N–H and O–H groups in total. The highest BCUT2D eigenvalue weighted by atomic mass is 79.9. The van der Waals surface area contributed by atoms with Crippen LogP contribution >= 0.6 is 15.9 Å². The molecule has 1 fully saturated rings. The van der Waals surface area contributed by atoms with Gasteiger partial charge in [-0.05, 0) is 42.5 Å². The molecule has 3 heteroatoms. The molecule has 1 saturated carbocycles. The van der Waals surface area contributed by atoms with Crippen LogP contribution in [-0.2, 0) is 13.0 Å². The summed E-state index contributed by atoms with van der Waals surface area (Å²) in [6.07, 6.45) is 3.89. The molecule has 0 radical (unpaired) electrons. The van der Waals surface area contributed by atoms with Crippen LogP contribution in [0.15, 0.2) is 22.7 Å². The lowest BCUT2D eigenvalue weighted by Gasteiger charge is -2.26. The van der Waals surface area contributed by atoms with Gasteiger partial charge in [0.25, 0.3) is 0 Å². The molecule has 0 bridgehead atoms. The Balaban J connectivity index is 1.64. The predicted octanol–water partition coefficient (Wildman–Crippen LogP) is 2.22. The maximum absolute atomic E-state index is 3.60. The summed E-state index contributed by atoms with van der Waals surface area (Å²) >= 11 is 3.55. The van der Waals surface area contributed by atoms with E-state index in [2.05, 4.69) is 44.8 Å². The van der Waals surface area contributed by atoms with Crippen LogP contribution in [0.25, 0.3) is 0 Å². The van der Waals surface area contributed by atoms with Crippen molar-refractivity contribution in [2.75, 3.05) is 6.54 Å². The maximum Gasteiger partial charge on any atom is 0.0236 e. The molecule has 16 heavy (non-hydrogen) atoms. The van der Waals surface area contributed by atoms with Crippen LogP contribution in [0, 0.1) is 0 Å². The van der Waals surface area contributed by atoms with Gasteiger partial charge < -0.3 is 10.6 Å². The Morgan fingerprint density at radius 3 is 3.00 bits per heavy atom. The molecule has 1 atom stereocenters. The third-order valence-corrected chi connectivity index (χ3v) is 3.94. The van der Waals surface area contributed by atoms with Crippen molar-refractivity contribution in [2.45, 2.75) is 37.9 Å². The smallest absolute Gasteiger partial charge is 0.0236 e. The molecular weight excluding hydrogens is 264 g/mol. The molecule has 1 heterocycles. The maximum atomic E-state index is 3.60. The Morgan fingerprint density at radius 2 is 2.19 bits per heavy atom. The zero-order chi connectivity index (χ0) is 11.0. The van der Waals surface area contributed by atoms with Crippen LogP contribution in [0.3, 0.4) is 0 Å². The molecule has 1 aliphatic carbocycles. The fourth-order valence-electron chi connectivity index (χ4n) is 2.29. The molecule has 1 aliphatic heterocycles. The molecule has 0 spiro atoms. The first-order valence-electron chi connectivity index (χ1n) is 6.05. The number of halogens is 1. The second-order valence-corrected chi connectivity index (χ2v) is 5.79. The highest BCUT2D eigenvalue weighted by Gasteiger charge is 2.23. The van der Waals surface area contributed by atoms with E-state index in [4.69, 9.17) is 0 Å². The minimum Gasteiger partial charge on any atom is -0.312 e. The number of hydrogen-bond acceptors (Lipinski definition) is 2. The molecule has 3 rings (SSSR count). The fraction of sp³-hybridized carbons (Fsp3) is 0.538. The monoisotopic (exact) mass is 280 g/mol. The van der Waals surface area contributed by atoms with Crippen molar-refractivity contribution < 1.29 is 0 Å². The Morgan fingerprint density at radius 1 is 1.31 bits per heavy atom. The first kappa shape index (κ1) is 10.8. The summed E-state index contributed by atoms with van der Waals surface area (Å²) < 4.78 is 1.20. The molecule has 1 aromatic rings. The molecule has 2 nitrogen and oxygen atoms in total. The van der Waals surface area contributed by atoms with Gasteiger partial charge in [0.15, 0.2) is 0 Å². The minimum absolute atomic E-state index is 0.599. The quantitative estimate of drug-likeness (QED) is 0.887. The fourth-order valence-corrected chi connectivity index (χ4v) is 2.70. The van der Waals surface area contributed by atoms with E-state index in [0.29, 0.717) is 6.04 Å². The van der Waals surface area contributed by atoms with Crippen molar-refractivity contribution in [2.24, 2.45) is 0 Å². The summed E-state index contributed by atoms with van der Waals surface area (Å²) in [6.45, 7) is 2.12. The van der Waals surface area contributed by atoms with Gasteiger partial charge in [-0.1, -0.05) is 22.0 Å². The molecule has 0 saturated heterocycles. The Labute approximate surface area is 105 Å². The number of benzene rings is 1.